The number of carbonyl (C=O) groups excluding carboxylic acids is 4. The molecule has 4 atom stereocenters. The second-order valence-electron chi connectivity index (χ2n) is 10.6. The number of methoxy groups -OCH3 is 1. The fourth-order valence-corrected chi connectivity index (χ4v) is 6.79. The lowest BCUT2D eigenvalue weighted by Crippen LogP contribution is -2.40. The lowest BCUT2D eigenvalue weighted by molar-refractivity contribution is -0.123. The Morgan fingerprint density at radius 2 is 1.75 bits per heavy atom. The summed E-state index contributed by atoms with van der Waals surface area (Å²) < 4.78 is 5.56. The molecular weight excluding hydrogens is 513 g/mol. The number of benzene rings is 2. The molecule has 10 heteroatoms. The number of hydrogen-bond donors (Lipinski definition) is 3. The Morgan fingerprint density at radius 1 is 1.00 bits per heavy atom. The van der Waals surface area contributed by atoms with E-state index in [4.69, 9.17) is 4.74 Å². The molecule has 4 unspecified atom stereocenters. The number of ether oxygens (including phenoxy) is 1. The molecule has 0 spiro atoms. The average molecular weight is 539 g/mol. The van der Waals surface area contributed by atoms with Gasteiger partial charge in [0.1, 0.15) is 11.5 Å². The van der Waals surface area contributed by atoms with Gasteiger partial charge in [0.2, 0.25) is 11.8 Å². The number of anilines is 1. The van der Waals surface area contributed by atoms with Gasteiger partial charge in [-0.25, -0.2) is 0 Å². The van der Waals surface area contributed by atoms with Gasteiger partial charge in [0.25, 0.3) is 0 Å². The van der Waals surface area contributed by atoms with E-state index in [-0.39, 0.29) is 52.5 Å². The van der Waals surface area contributed by atoms with Crippen molar-refractivity contribution in [2.45, 2.75) is 25.7 Å². The molecule has 1 saturated heterocycles. The highest BCUT2D eigenvalue weighted by atomic mass is 16.5. The van der Waals surface area contributed by atoms with Gasteiger partial charge in [0.05, 0.1) is 24.6 Å². The van der Waals surface area contributed by atoms with Crippen molar-refractivity contribution in [2.24, 2.45) is 17.8 Å². The summed E-state index contributed by atoms with van der Waals surface area (Å²) in [5, 5.41) is 30.2. The molecule has 0 radical (unpaired) electrons. The number of phenolic OH excluding ortho intramolecular Hbond substituents is 1. The standard InChI is InChI=1S/C30H26BNO8/c1-14-11-22(34)25-20(28(14)35)13-19-17(26(25)27-21(33)7-4-8-23(27)40-2)9-10-18-24(19)30(37)32(29(18)36)16-6-3-5-15(12-16)31(38)39/h3-9,11-12,18-19,24,26,33,38-39H,10,13H2,1-2H3. The quantitative estimate of drug-likeness (QED) is 0.231. The monoisotopic (exact) mass is 539 g/mol. The highest BCUT2D eigenvalue weighted by molar-refractivity contribution is 6.58. The van der Waals surface area contributed by atoms with E-state index in [1.165, 1.54) is 37.5 Å². The number of allylic oxidation sites excluding steroid dienone is 6. The van der Waals surface area contributed by atoms with E-state index >= 15 is 0 Å². The molecule has 2 aromatic carbocycles. The average Bonchev–Trinajstić information content (AvgIpc) is 3.20. The zero-order valence-corrected chi connectivity index (χ0v) is 21.8. The number of carbonyl (C=O) groups is 4. The number of imide groups is 1. The van der Waals surface area contributed by atoms with Gasteiger partial charge >= 0.3 is 7.12 Å². The summed E-state index contributed by atoms with van der Waals surface area (Å²) in [6.45, 7) is 1.57. The first kappa shape index (κ1) is 26.0. The van der Waals surface area contributed by atoms with Crippen LogP contribution in [0.1, 0.15) is 31.2 Å². The topological polar surface area (TPSA) is 141 Å². The second-order valence-corrected chi connectivity index (χ2v) is 10.6. The van der Waals surface area contributed by atoms with Gasteiger partial charge in [-0.1, -0.05) is 29.8 Å². The molecule has 1 fully saturated rings. The Morgan fingerprint density at radius 3 is 2.48 bits per heavy atom. The lowest BCUT2D eigenvalue weighted by Gasteiger charge is -2.42. The number of Topliss-reactive ketones (excluding diaryl/α,β-unsaturated/α-hetero) is 1. The third-order valence-electron chi connectivity index (χ3n) is 8.54. The van der Waals surface area contributed by atoms with E-state index < -0.39 is 42.6 Å². The molecule has 3 aliphatic carbocycles. The number of phenols is 1. The van der Waals surface area contributed by atoms with Crippen molar-refractivity contribution in [1.29, 1.82) is 0 Å². The number of aromatic hydroxyl groups is 1. The molecule has 2 aromatic rings. The van der Waals surface area contributed by atoms with Crippen molar-refractivity contribution in [3.05, 3.63) is 82.5 Å². The zero-order chi connectivity index (χ0) is 28.5. The predicted octanol–water partition coefficient (Wildman–Crippen LogP) is 1.71. The molecular formula is C30H26BNO8. The Bertz CT molecular complexity index is 1600. The van der Waals surface area contributed by atoms with Crippen molar-refractivity contribution in [1.82, 2.24) is 0 Å². The van der Waals surface area contributed by atoms with Crippen molar-refractivity contribution >= 4 is 41.6 Å². The molecule has 9 nitrogen and oxygen atoms in total. The highest BCUT2D eigenvalue weighted by Crippen LogP contribution is 2.57. The van der Waals surface area contributed by atoms with Crippen LogP contribution in [0, 0.1) is 17.8 Å². The zero-order valence-electron chi connectivity index (χ0n) is 21.8. The molecule has 40 heavy (non-hydrogen) atoms. The Kier molecular flexibility index (Phi) is 6.12. The van der Waals surface area contributed by atoms with Gasteiger partial charge in [-0.15, -0.1) is 0 Å². The van der Waals surface area contributed by atoms with Crippen molar-refractivity contribution < 1.29 is 39.1 Å². The van der Waals surface area contributed by atoms with Crippen LogP contribution in [-0.4, -0.2) is 52.8 Å². The van der Waals surface area contributed by atoms with E-state index in [1.807, 2.05) is 6.08 Å². The van der Waals surface area contributed by atoms with Crippen LogP contribution < -0.4 is 15.1 Å². The molecule has 0 saturated carbocycles. The molecule has 3 N–H and O–H groups in total. The summed E-state index contributed by atoms with van der Waals surface area (Å²) in [6.07, 6.45) is 3.50. The van der Waals surface area contributed by atoms with Crippen molar-refractivity contribution in [2.75, 3.05) is 12.0 Å². The van der Waals surface area contributed by atoms with Crippen LogP contribution in [0.3, 0.4) is 0 Å². The number of rotatable bonds is 4. The van der Waals surface area contributed by atoms with Crippen LogP contribution in [0.2, 0.25) is 0 Å². The van der Waals surface area contributed by atoms with Gasteiger partial charge in [-0.3, -0.25) is 24.1 Å². The van der Waals surface area contributed by atoms with E-state index in [9.17, 15) is 34.3 Å². The Labute approximate surface area is 230 Å². The molecule has 1 heterocycles. The molecule has 0 aromatic heterocycles. The van der Waals surface area contributed by atoms with Crippen molar-refractivity contribution in [3.63, 3.8) is 0 Å². The molecule has 202 valence electrons. The molecule has 4 aliphatic rings. The molecule has 6 rings (SSSR count). The van der Waals surface area contributed by atoms with E-state index in [0.29, 0.717) is 22.5 Å². The summed E-state index contributed by atoms with van der Waals surface area (Å²) in [6, 6.07) is 10.7. The fraction of sp³-hybridized carbons (Fsp3) is 0.267. The minimum absolute atomic E-state index is 0.104. The van der Waals surface area contributed by atoms with Gasteiger partial charge in [-0.05, 0) is 61.5 Å². The summed E-state index contributed by atoms with van der Waals surface area (Å²) >= 11 is 0. The maximum atomic E-state index is 14.0. The second kappa shape index (κ2) is 9.43. The van der Waals surface area contributed by atoms with E-state index in [1.54, 1.807) is 25.1 Å². The fourth-order valence-electron chi connectivity index (χ4n) is 6.79. The minimum atomic E-state index is -1.77. The molecule has 2 amide bonds. The van der Waals surface area contributed by atoms with Crippen LogP contribution in [0.15, 0.2) is 76.9 Å². The maximum absolute atomic E-state index is 14.0. The number of hydrogen-bond acceptors (Lipinski definition) is 8. The number of fused-ring (bicyclic) bond motifs is 3. The van der Waals surface area contributed by atoms with Gasteiger partial charge in [0, 0.05) is 28.2 Å². The smallest absolute Gasteiger partial charge is 0.488 e. The largest absolute Gasteiger partial charge is 0.507 e. The van der Waals surface area contributed by atoms with E-state index in [0.717, 1.165) is 4.90 Å². The van der Waals surface area contributed by atoms with Gasteiger partial charge in [-0.2, -0.15) is 0 Å². The lowest BCUT2D eigenvalue weighted by atomic mass is 9.59. The molecule has 1 aliphatic heterocycles. The first-order chi connectivity index (χ1) is 19.1. The number of amides is 2. The SMILES string of the molecule is COc1cccc(O)c1C1C2=CCC3C(=O)N(c4cccc(B(O)O)c4)C(=O)C3C2CC2=C1C(=O)C=C(C)C2=O. The van der Waals surface area contributed by atoms with E-state index in [2.05, 4.69) is 0 Å². The number of nitrogens with zero attached hydrogens (tertiary/aromatic N) is 1. The summed E-state index contributed by atoms with van der Waals surface area (Å²) in [7, 11) is -0.321. The van der Waals surface area contributed by atoms with Crippen LogP contribution in [0.4, 0.5) is 5.69 Å². The van der Waals surface area contributed by atoms with Crippen LogP contribution in [0.25, 0.3) is 0 Å². The highest BCUT2D eigenvalue weighted by Gasteiger charge is 2.57. The molecule has 0 bridgehead atoms. The Balaban J connectivity index is 1.50. The first-order valence-electron chi connectivity index (χ1n) is 13.0. The van der Waals surface area contributed by atoms with Crippen LogP contribution in [-0.2, 0) is 19.2 Å². The summed E-state index contributed by atoms with van der Waals surface area (Å²) in [5.74, 6) is -4.19. The minimum Gasteiger partial charge on any atom is -0.507 e. The Hall–Kier alpha value is -4.28. The van der Waals surface area contributed by atoms with Crippen LogP contribution >= 0.6 is 0 Å². The normalized spacial score (nSPS) is 25.8. The first-order valence-corrected chi connectivity index (χ1v) is 13.0. The predicted molar refractivity (Wildman–Crippen MR) is 145 cm³/mol. The van der Waals surface area contributed by atoms with Gasteiger partial charge < -0.3 is 19.9 Å². The third kappa shape index (κ3) is 3.71. The summed E-state index contributed by atoms with van der Waals surface area (Å²) in [5.41, 5.74) is 2.23. The summed E-state index contributed by atoms with van der Waals surface area (Å²) in [4.78, 5) is 55.5. The maximum Gasteiger partial charge on any atom is 0.488 e. The van der Waals surface area contributed by atoms with Crippen LogP contribution in [0.5, 0.6) is 11.5 Å². The van der Waals surface area contributed by atoms with Crippen molar-refractivity contribution in [3.8, 4) is 11.5 Å². The van der Waals surface area contributed by atoms with Gasteiger partial charge in [0.15, 0.2) is 11.6 Å². The number of ketones is 2. The third-order valence-corrected chi connectivity index (χ3v) is 8.54.